The van der Waals surface area contributed by atoms with Gasteiger partial charge in [0.25, 0.3) is 0 Å². The molecule has 0 bridgehead atoms. The first-order valence-electron chi connectivity index (χ1n) is 6.97. The maximum absolute atomic E-state index is 5.65. The van der Waals surface area contributed by atoms with Crippen LogP contribution in [0.1, 0.15) is 49.4 Å². The van der Waals surface area contributed by atoms with E-state index in [1.165, 1.54) is 16.7 Å². The molecule has 0 aliphatic carbocycles. The van der Waals surface area contributed by atoms with Crippen molar-refractivity contribution in [2.24, 2.45) is 0 Å². The molecule has 18 heavy (non-hydrogen) atoms. The molecule has 0 radical (unpaired) electrons. The number of benzene rings is 1. The van der Waals surface area contributed by atoms with E-state index in [-0.39, 0.29) is 6.10 Å². The zero-order chi connectivity index (χ0) is 13.5. The molecule has 1 aromatic rings. The van der Waals surface area contributed by atoms with Gasteiger partial charge < -0.3 is 10.1 Å². The largest absolute Gasteiger partial charge is 0.379 e. The average Bonchev–Trinajstić information content (AvgIpc) is 2.38. The van der Waals surface area contributed by atoms with Gasteiger partial charge in [-0.25, -0.2) is 0 Å². The van der Waals surface area contributed by atoms with Gasteiger partial charge in [-0.15, -0.1) is 0 Å². The monoisotopic (exact) mass is 249 g/mol. The van der Waals surface area contributed by atoms with E-state index in [0.717, 1.165) is 19.4 Å². The summed E-state index contributed by atoms with van der Waals surface area (Å²) in [7, 11) is 1.81. The van der Waals surface area contributed by atoms with Gasteiger partial charge in [0, 0.05) is 7.11 Å². The van der Waals surface area contributed by atoms with Crippen LogP contribution in [-0.2, 0) is 4.74 Å². The molecule has 0 aliphatic heterocycles. The normalized spacial score (nSPS) is 14.5. The molecule has 2 unspecified atom stereocenters. The minimum atomic E-state index is 0.233. The van der Waals surface area contributed by atoms with E-state index in [1.54, 1.807) is 7.11 Å². The number of hydrogen-bond acceptors (Lipinski definition) is 2. The van der Waals surface area contributed by atoms with Gasteiger partial charge in [0.1, 0.15) is 0 Å². The number of aryl methyl sites for hydroxylation is 2. The summed E-state index contributed by atoms with van der Waals surface area (Å²) >= 11 is 0. The standard InChI is InChI=1S/C16H27NO/c1-6-10-17-16(15(7-2)18-5)14-11-12(3)8-9-13(14)4/h8-9,11,15-17H,6-7,10H2,1-5H3. The summed E-state index contributed by atoms with van der Waals surface area (Å²) in [6.45, 7) is 9.73. The molecule has 2 atom stereocenters. The molecule has 2 heteroatoms. The molecule has 0 heterocycles. The van der Waals surface area contributed by atoms with Crippen molar-refractivity contribution in [2.45, 2.75) is 52.7 Å². The molecule has 0 aromatic heterocycles. The Morgan fingerprint density at radius 3 is 2.50 bits per heavy atom. The van der Waals surface area contributed by atoms with E-state index in [9.17, 15) is 0 Å². The third-order valence-corrected chi connectivity index (χ3v) is 3.46. The fourth-order valence-electron chi connectivity index (χ4n) is 2.37. The average molecular weight is 249 g/mol. The molecule has 2 nitrogen and oxygen atoms in total. The summed E-state index contributed by atoms with van der Waals surface area (Å²) in [6.07, 6.45) is 2.39. The Balaban J connectivity index is 3.03. The lowest BCUT2D eigenvalue weighted by Crippen LogP contribution is -2.34. The van der Waals surface area contributed by atoms with Crippen LogP contribution in [0.5, 0.6) is 0 Å². The van der Waals surface area contributed by atoms with Crippen molar-refractivity contribution < 1.29 is 4.74 Å². The maximum Gasteiger partial charge on any atom is 0.0763 e. The molecule has 1 aromatic carbocycles. The highest BCUT2D eigenvalue weighted by molar-refractivity contribution is 5.33. The summed E-state index contributed by atoms with van der Waals surface area (Å²) in [4.78, 5) is 0. The van der Waals surface area contributed by atoms with Crippen LogP contribution in [0.3, 0.4) is 0 Å². The van der Waals surface area contributed by atoms with Gasteiger partial charge in [-0.1, -0.05) is 37.6 Å². The molecule has 1 N–H and O–H groups in total. The smallest absolute Gasteiger partial charge is 0.0763 e. The lowest BCUT2D eigenvalue weighted by molar-refractivity contribution is 0.0649. The number of hydrogen-bond donors (Lipinski definition) is 1. The molecule has 0 spiro atoms. The summed E-state index contributed by atoms with van der Waals surface area (Å²) in [5, 5.41) is 3.63. The van der Waals surface area contributed by atoms with E-state index < -0.39 is 0 Å². The van der Waals surface area contributed by atoms with E-state index >= 15 is 0 Å². The molecule has 0 aliphatic rings. The third-order valence-electron chi connectivity index (χ3n) is 3.46. The Morgan fingerprint density at radius 2 is 1.94 bits per heavy atom. The summed E-state index contributed by atoms with van der Waals surface area (Å²) in [5.74, 6) is 0. The fourth-order valence-corrected chi connectivity index (χ4v) is 2.37. The van der Waals surface area contributed by atoms with Crippen LogP contribution in [0.25, 0.3) is 0 Å². The second-order valence-corrected chi connectivity index (χ2v) is 4.97. The van der Waals surface area contributed by atoms with Crippen molar-refractivity contribution in [3.8, 4) is 0 Å². The lowest BCUT2D eigenvalue weighted by atomic mass is 9.94. The van der Waals surface area contributed by atoms with E-state index in [2.05, 4.69) is 51.2 Å². The van der Waals surface area contributed by atoms with E-state index in [0.29, 0.717) is 6.04 Å². The SMILES string of the molecule is CCCNC(c1cc(C)ccc1C)C(CC)OC. The van der Waals surface area contributed by atoms with Crippen molar-refractivity contribution >= 4 is 0 Å². The molecular weight excluding hydrogens is 222 g/mol. The fraction of sp³-hybridized carbons (Fsp3) is 0.625. The van der Waals surface area contributed by atoms with Gasteiger partial charge in [0.15, 0.2) is 0 Å². The van der Waals surface area contributed by atoms with Gasteiger partial charge >= 0.3 is 0 Å². The Labute approximate surface area is 112 Å². The Bertz CT molecular complexity index is 358. The summed E-state index contributed by atoms with van der Waals surface area (Å²) in [5.41, 5.74) is 4.02. The van der Waals surface area contributed by atoms with Crippen LogP contribution in [0.15, 0.2) is 18.2 Å². The first kappa shape index (κ1) is 15.2. The molecule has 1 rings (SSSR count). The second-order valence-electron chi connectivity index (χ2n) is 4.97. The highest BCUT2D eigenvalue weighted by atomic mass is 16.5. The van der Waals surface area contributed by atoms with E-state index in [4.69, 9.17) is 4.74 Å². The quantitative estimate of drug-likeness (QED) is 0.794. The number of nitrogens with one attached hydrogen (secondary N) is 1. The van der Waals surface area contributed by atoms with Crippen molar-refractivity contribution in [1.82, 2.24) is 5.32 Å². The van der Waals surface area contributed by atoms with Crippen LogP contribution in [0, 0.1) is 13.8 Å². The van der Waals surface area contributed by atoms with Crippen LogP contribution in [0.2, 0.25) is 0 Å². The number of rotatable bonds is 7. The Morgan fingerprint density at radius 1 is 1.22 bits per heavy atom. The molecule has 0 amide bonds. The van der Waals surface area contributed by atoms with Crippen LogP contribution < -0.4 is 5.32 Å². The third kappa shape index (κ3) is 3.82. The highest BCUT2D eigenvalue weighted by Crippen LogP contribution is 2.25. The minimum absolute atomic E-state index is 0.233. The lowest BCUT2D eigenvalue weighted by Gasteiger charge is -2.28. The van der Waals surface area contributed by atoms with Crippen molar-refractivity contribution in [1.29, 1.82) is 0 Å². The minimum Gasteiger partial charge on any atom is -0.379 e. The predicted molar refractivity (Wildman–Crippen MR) is 78.0 cm³/mol. The topological polar surface area (TPSA) is 21.3 Å². The first-order chi connectivity index (χ1) is 8.63. The van der Waals surface area contributed by atoms with E-state index in [1.807, 2.05) is 0 Å². The molecular formula is C16H27NO. The van der Waals surface area contributed by atoms with Crippen molar-refractivity contribution in [2.75, 3.05) is 13.7 Å². The molecule has 0 saturated carbocycles. The Kier molecular flexibility index (Phi) is 6.37. The highest BCUT2D eigenvalue weighted by Gasteiger charge is 2.22. The number of methoxy groups -OCH3 is 1. The molecule has 0 saturated heterocycles. The van der Waals surface area contributed by atoms with Gasteiger partial charge in [-0.05, 0) is 44.4 Å². The summed E-state index contributed by atoms with van der Waals surface area (Å²) in [6, 6.07) is 6.95. The van der Waals surface area contributed by atoms with Crippen molar-refractivity contribution in [3.63, 3.8) is 0 Å². The van der Waals surface area contributed by atoms with Gasteiger partial charge in [-0.2, -0.15) is 0 Å². The van der Waals surface area contributed by atoms with Crippen LogP contribution in [-0.4, -0.2) is 19.8 Å². The van der Waals surface area contributed by atoms with Crippen LogP contribution in [0.4, 0.5) is 0 Å². The first-order valence-corrected chi connectivity index (χ1v) is 6.97. The van der Waals surface area contributed by atoms with Gasteiger partial charge in [0.2, 0.25) is 0 Å². The molecule has 102 valence electrons. The maximum atomic E-state index is 5.65. The number of ether oxygens (including phenoxy) is 1. The second kappa shape index (κ2) is 7.55. The predicted octanol–water partition coefficient (Wildman–Crippen LogP) is 3.77. The zero-order valence-electron chi connectivity index (χ0n) is 12.4. The van der Waals surface area contributed by atoms with Crippen LogP contribution >= 0.6 is 0 Å². The molecule has 0 fully saturated rings. The zero-order valence-corrected chi connectivity index (χ0v) is 12.4. The van der Waals surface area contributed by atoms with Gasteiger partial charge in [-0.3, -0.25) is 0 Å². The van der Waals surface area contributed by atoms with Gasteiger partial charge in [0.05, 0.1) is 12.1 Å². The van der Waals surface area contributed by atoms with Crippen molar-refractivity contribution in [3.05, 3.63) is 34.9 Å². The Hall–Kier alpha value is -0.860. The summed E-state index contributed by atoms with van der Waals surface area (Å²) < 4.78 is 5.65.